The monoisotopic (exact) mass is 340 g/mol. The quantitative estimate of drug-likeness (QED) is 0.920. The zero-order valence-electron chi connectivity index (χ0n) is 14.7. The standard InChI is InChI=1S/C19H24N4O2/c1-15-5-3-6-16(11-15)18(24)22(2)13-19(25)7-4-10-23(14-19)17-12-20-8-9-21-17/h3,5-6,8-9,11-12,25H,4,7,10,13-14H2,1-2H3/t19-/m1/s1. The van der Waals surface area contributed by atoms with Crippen LogP contribution in [-0.4, -0.2) is 58.2 Å². The molecular formula is C19H24N4O2. The van der Waals surface area contributed by atoms with Crippen LogP contribution < -0.4 is 4.90 Å². The zero-order chi connectivity index (χ0) is 17.9. The Labute approximate surface area is 148 Å². The third-order valence-electron chi connectivity index (χ3n) is 4.57. The Morgan fingerprint density at radius 3 is 2.96 bits per heavy atom. The van der Waals surface area contributed by atoms with E-state index in [0.717, 1.165) is 24.3 Å². The van der Waals surface area contributed by atoms with E-state index in [1.807, 2.05) is 36.1 Å². The number of aryl methyl sites for hydroxylation is 1. The molecule has 0 spiro atoms. The van der Waals surface area contributed by atoms with Crippen LogP contribution in [0, 0.1) is 6.92 Å². The number of carbonyl (C=O) groups is 1. The molecule has 0 bridgehead atoms. The summed E-state index contributed by atoms with van der Waals surface area (Å²) < 4.78 is 0. The maximum atomic E-state index is 12.6. The Kier molecular flexibility index (Phi) is 4.99. The molecule has 6 nitrogen and oxygen atoms in total. The lowest BCUT2D eigenvalue weighted by Crippen LogP contribution is -2.54. The van der Waals surface area contributed by atoms with Crippen molar-refractivity contribution in [1.82, 2.24) is 14.9 Å². The summed E-state index contributed by atoms with van der Waals surface area (Å²) in [5, 5.41) is 11.0. The van der Waals surface area contributed by atoms with Gasteiger partial charge in [-0.3, -0.25) is 9.78 Å². The number of rotatable bonds is 4. The first-order valence-electron chi connectivity index (χ1n) is 8.52. The van der Waals surface area contributed by atoms with Crippen molar-refractivity contribution in [2.45, 2.75) is 25.4 Å². The van der Waals surface area contributed by atoms with E-state index in [-0.39, 0.29) is 12.5 Å². The molecule has 1 N–H and O–H groups in total. The number of nitrogens with zero attached hydrogens (tertiary/aromatic N) is 4. The molecule has 2 heterocycles. The highest BCUT2D eigenvalue weighted by atomic mass is 16.3. The van der Waals surface area contributed by atoms with Crippen molar-refractivity contribution in [2.24, 2.45) is 0 Å². The normalized spacial score (nSPS) is 20.4. The van der Waals surface area contributed by atoms with Gasteiger partial charge in [0.25, 0.3) is 5.91 Å². The molecule has 25 heavy (non-hydrogen) atoms. The van der Waals surface area contributed by atoms with Crippen molar-refractivity contribution in [3.05, 3.63) is 54.0 Å². The minimum Gasteiger partial charge on any atom is -0.386 e. The predicted octanol–water partition coefficient (Wildman–Crippen LogP) is 1.89. The van der Waals surface area contributed by atoms with Gasteiger partial charge in [-0.2, -0.15) is 0 Å². The Balaban J connectivity index is 1.69. The van der Waals surface area contributed by atoms with Gasteiger partial charge in [-0.25, -0.2) is 4.98 Å². The fourth-order valence-electron chi connectivity index (χ4n) is 3.40. The van der Waals surface area contributed by atoms with Crippen LogP contribution in [0.3, 0.4) is 0 Å². The van der Waals surface area contributed by atoms with Gasteiger partial charge >= 0.3 is 0 Å². The zero-order valence-corrected chi connectivity index (χ0v) is 14.7. The lowest BCUT2D eigenvalue weighted by Gasteiger charge is -2.41. The molecule has 0 saturated carbocycles. The summed E-state index contributed by atoms with van der Waals surface area (Å²) in [6, 6.07) is 7.52. The largest absolute Gasteiger partial charge is 0.386 e. The van der Waals surface area contributed by atoms with E-state index in [2.05, 4.69) is 9.97 Å². The Morgan fingerprint density at radius 1 is 1.40 bits per heavy atom. The topological polar surface area (TPSA) is 69.6 Å². The number of hydrogen-bond acceptors (Lipinski definition) is 5. The fraction of sp³-hybridized carbons (Fsp3) is 0.421. The molecule has 6 heteroatoms. The molecule has 2 aromatic rings. The summed E-state index contributed by atoms with van der Waals surface area (Å²) >= 11 is 0. The van der Waals surface area contributed by atoms with Crippen LogP contribution in [0.4, 0.5) is 5.82 Å². The Morgan fingerprint density at radius 2 is 2.24 bits per heavy atom. The highest BCUT2D eigenvalue weighted by Crippen LogP contribution is 2.25. The molecule has 1 amide bonds. The lowest BCUT2D eigenvalue weighted by atomic mass is 9.92. The van der Waals surface area contributed by atoms with E-state index >= 15 is 0 Å². The second kappa shape index (κ2) is 7.19. The van der Waals surface area contributed by atoms with Gasteiger partial charge in [-0.1, -0.05) is 17.7 Å². The molecule has 1 atom stereocenters. The molecular weight excluding hydrogens is 316 g/mol. The highest BCUT2D eigenvalue weighted by Gasteiger charge is 2.36. The van der Waals surface area contributed by atoms with E-state index in [0.29, 0.717) is 18.5 Å². The maximum Gasteiger partial charge on any atom is 0.253 e. The van der Waals surface area contributed by atoms with Crippen molar-refractivity contribution >= 4 is 11.7 Å². The van der Waals surface area contributed by atoms with E-state index < -0.39 is 5.60 Å². The van der Waals surface area contributed by atoms with E-state index in [1.165, 1.54) is 0 Å². The first-order valence-corrected chi connectivity index (χ1v) is 8.52. The van der Waals surface area contributed by atoms with Crippen LogP contribution in [-0.2, 0) is 0 Å². The Bertz CT molecular complexity index is 737. The molecule has 0 unspecified atom stereocenters. The van der Waals surface area contributed by atoms with Gasteiger partial charge in [0.15, 0.2) is 0 Å². The van der Waals surface area contributed by atoms with Gasteiger partial charge in [-0.05, 0) is 31.9 Å². The highest BCUT2D eigenvalue weighted by molar-refractivity contribution is 5.94. The van der Waals surface area contributed by atoms with E-state index in [9.17, 15) is 9.90 Å². The van der Waals surface area contributed by atoms with Gasteiger partial charge in [0.2, 0.25) is 0 Å². The summed E-state index contributed by atoms with van der Waals surface area (Å²) in [6.45, 7) is 3.52. The summed E-state index contributed by atoms with van der Waals surface area (Å²) in [7, 11) is 1.74. The molecule has 1 saturated heterocycles. The molecule has 1 fully saturated rings. The van der Waals surface area contributed by atoms with Gasteiger partial charge in [0.05, 0.1) is 18.3 Å². The molecule has 1 aromatic carbocycles. The minimum atomic E-state index is -0.954. The number of anilines is 1. The van der Waals surface area contributed by atoms with Crippen LogP contribution in [0.2, 0.25) is 0 Å². The lowest BCUT2D eigenvalue weighted by molar-refractivity contribution is -0.000145. The molecule has 0 radical (unpaired) electrons. The van der Waals surface area contributed by atoms with Crippen LogP contribution in [0.25, 0.3) is 0 Å². The van der Waals surface area contributed by atoms with Crippen molar-refractivity contribution in [2.75, 3.05) is 31.6 Å². The smallest absolute Gasteiger partial charge is 0.253 e. The van der Waals surface area contributed by atoms with Gasteiger partial charge in [-0.15, -0.1) is 0 Å². The number of β-amino-alcohol motifs (C(OH)–C–C–N with tert-alkyl or cyclic N) is 1. The van der Waals surface area contributed by atoms with E-state index in [1.54, 1.807) is 30.5 Å². The van der Waals surface area contributed by atoms with Crippen LogP contribution >= 0.6 is 0 Å². The number of benzene rings is 1. The van der Waals surface area contributed by atoms with Gasteiger partial charge in [0, 0.05) is 38.1 Å². The minimum absolute atomic E-state index is 0.0752. The van der Waals surface area contributed by atoms with Crippen LogP contribution in [0.15, 0.2) is 42.9 Å². The van der Waals surface area contributed by atoms with Crippen LogP contribution in [0.5, 0.6) is 0 Å². The number of likely N-dealkylation sites (N-methyl/N-ethyl adjacent to an activating group) is 1. The number of piperidine rings is 1. The number of aromatic nitrogens is 2. The summed E-state index contributed by atoms with van der Waals surface area (Å²) in [4.78, 5) is 24.7. The average Bonchev–Trinajstić information content (AvgIpc) is 2.61. The molecule has 0 aliphatic carbocycles. The first-order chi connectivity index (χ1) is 12.0. The van der Waals surface area contributed by atoms with Crippen molar-refractivity contribution < 1.29 is 9.90 Å². The molecule has 1 aliphatic rings. The SMILES string of the molecule is Cc1cccc(C(=O)N(C)C[C@]2(O)CCCN(c3cnccn3)C2)c1. The summed E-state index contributed by atoms with van der Waals surface area (Å²) in [5.74, 6) is 0.682. The molecule has 3 rings (SSSR count). The van der Waals surface area contributed by atoms with E-state index in [4.69, 9.17) is 0 Å². The third kappa shape index (κ3) is 4.14. The second-order valence-corrected chi connectivity index (χ2v) is 6.84. The number of carbonyl (C=O) groups excluding carboxylic acids is 1. The van der Waals surface area contributed by atoms with Crippen molar-refractivity contribution in [1.29, 1.82) is 0 Å². The van der Waals surface area contributed by atoms with Crippen LogP contribution in [0.1, 0.15) is 28.8 Å². The Hall–Kier alpha value is -2.47. The molecule has 1 aliphatic heterocycles. The molecule has 132 valence electrons. The van der Waals surface area contributed by atoms with Crippen molar-refractivity contribution in [3.63, 3.8) is 0 Å². The summed E-state index contributed by atoms with van der Waals surface area (Å²) in [6.07, 6.45) is 6.49. The average molecular weight is 340 g/mol. The first kappa shape index (κ1) is 17.4. The number of amides is 1. The summed E-state index contributed by atoms with van der Waals surface area (Å²) in [5.41, 5.74) is 0.737. The fourth-order valence-corrected chi connectivity index (χ4v) is 3.40. The number of hydrogen-bond donors (Lipinski definition) is 1. The van der Waals surface area contributed by atoms with Gasteiger partial charge in [0.1, 0.15) is 5.82 Å². The second-order valence-electron chi connectivity index (χ2n) is 6.84. The molecule has 1 aromatic heterocycles. The van der Waals surface area contributed by atoms with Crippen molar-refractivity contribution in [3.8, 4) is 0 Å². The predicted molar refractivity (Wildman–Crippen MR) is 96.6 cm³/mol. The maximum absolute atomic E-state index is 12.6. The van der Waals surface area contributed by atoms with Gasteiger partial charge < -0.3 is 14.9 Å². The third-order valence-corrected chi connectivity index (χ3v) is 4.57. The number of aliphatic hydroxyl groups is 1.